The summed E-state index contributed by atoms with van der Waals surface area (Å²) >= 11 is 5.72. The quantitative estimate of drug-likeness (QED) is 0.202. The van der Waals surface area contributed by atoms with Crippen LogP contribution in [0.15, 0.2) is 0 Å². The van der Waals surface area contributed by atoms with Crippen LogP contribution in [0.25, 0.3) is 0 Å². The summed E-state index contributed by atoms with van der Waals surface area (Å²) in [7, 11) is 0. The predicted molar refractivity (Wildman–Crippen MR) is 151 cm³/mol. The van der Waals surface area contributed by atoms with Crippen LogP contribution in [-0.4, -0.2) is 79.7 Å². The Bertz CT molecular complexity index is 701. The zero-order valence-electron chi connectivity index (χ0n) is 24.4. The molecule has 0 bridgehead atoms. The normalized spacial score (nSPS) is 26.9. The summed E-state index contributed by atoms with van der Waals surface area (Å²) < 4.78 is 0. The molecule has 214 valence electrons. The van der Waals surface area contributed by atoms with Crippen LogP contribution in [0.1, 0.15) is 101 Å². The predicted octanol–water partition coefficient (Wildman–Crippen LogP) is 3.14. The van der Waals surface area contributed by atoms with Crippen molar-refractivity contribution in [1.82, 2.24) is 10.6 Å². The third-order valence-corrected chi connectivity index (χ3v) is 8.59. The maximum absolute atomic E-state index is 11.3. The summed E-state index contributed by atoms with van der Waals surface area (Å²) in [6.45, 7) is 21.7. The molecule has 0 radical (unpaired) electrons. The fraction of sp³-hybridized carbons (Fsp3) is 0.964. The monoisotopic (exact) mass is 532 g/mol. The number of thiocarbonyl (C=S) groups is 1. The van der Waals surface area contributed by atoms with Crippen LogP contribution in [0.3, 0.4) is 0 Å². The van der Waals surface area contributed by atoms with Gasteiger partial charge >= 0.3 is 0 Å². The summed E-state index contributed by atoms with van der Waals surface area (Å²) in [5.41, 5.74) is -0.390. The van der Waals surface area contributed by atoms with Crippen LogP contribution in [0.2, 0.25) is 0 Å². The van der Waals surface area contributed by atoms with Crippen molar-refractivity contribution < 1.29 is 25.5 Å². The lowest BCUT2D eigenvalue weighted by Gasteiger charge is -2.41. The van der Waals surface area contributed by atoms with Crippen molar-refractivity contribution >= 4 is 17.2 Å². The van der Waals surface area contributed by atoms with Gasteiger partial charge < -0.3 is 36.2 Å². The van der Waals surface area contributed by atoms with Crippen molar-refractivity contribution in [3.8, 4) is 0 Å². The van der Waals surface area contributed by atoms with Gasteiger partial charge in [-0.2, -0.15) is 0 Å². The van der Waals surface area contributed by atoms with Crippen molar-refractivity contribution in [1.29, 1.82) is 0 Å². The van der Waals surface area contributed by atoms with E-state index in [1.54, 1.807) is 0 Å². The Kier molecular flexibility index (Phi) is 11.9. The summed E-state index contributed by atoms with van der Waals surface area (Å²) in [6.07, 6.45) is -2.34. The molecule has 0 aromatic heterocycles. The first-order valence-corrected chi connectivity index (χ1v) is 13.9. The second-order valence-corrected chi connectivity index (χ2v) is 15.2. The molecular weight excluding hydrogens is 476 g/mol. The molecule has 1 saturated carbocycles. The molecule has 0 aliphatic heterocycles. The van der Waals surface area contributed by atoms with E-state index in [9.17, 15) is 25.5 Å². The third kappa shape index (κ3) is 10.1. The van der Waals surface area contributed by atoms with Gasteiger partial charge in [0.1, 0.15) is 6.10 Å². The Hall–Kier alpha value is -0.350. The van der Waals surface area contributed by atoms with E-state index in [2.05, 4.69) is 66.0 Å². The van der Waals surface area contributed by atoms with Crippen LogP contribution in [0.4, 0.5) is 0 Å². The number of hydrogen-bond acceptors (Lipinski definition) is 7. The average molecular weight is 533 g/mol. The number of aliphatic hydroxyl groups is 5. The molecule has 0 spiro atoms. The lowest BCUT2D eigenvalue weighted by molar-refractivity contribution is -0.0987. The highest BCUT2D eigenvalue weighted by Gasteiger charge is 2.39. The topological polar surface area (TPSA) is 125 Å². The van der Waals surface area contributed by atoms with Crippen LogP contribution in [0.5, 0.6) is 0 Å². The maximum Gasteiger partial charge on any atom is 0.107 e. The van der Waals surface area contributed by atoms with E-state index in [-0.39, 0.29) is 34.6 Å². The molecule has 0 saturated heterocycles. The van der Waals surface area contributed by atoms with Crippen molar-refractivity contribution in [3.05, 3.63) is 0 Å². The molecule has 0 heterocycles. The zero-order chi connectivity index (χ0) is 28.3. The summed E-state index contributed by atoms with van der Waals surface area (Å²) in [4.78, 5) is 0.642. The smallest absolute Gasteiger partial charge is 0.107 e. The molecule has 7 unspecified atom stereocenters. The highest BCUT2D eigenvalue weighted by atomic mass is 32.1. The van der Waals surface area contributed by atoms with E-state index in [1.165, 1.54) is 0 Å². The van der Waals surface area contributed by atoms with E-state index in [0.717, 1.165) is 6.42 Å². The van der Waals surface area contributed by atoms with Gasteiger partial charge in [-0.1, -0.05) is 81.5 Å². The van der Waals surface area contributed by atoms with Gasteiger partial charge in [0.2, 0.25) is 0 Å². The van der Waals surface area contributed by atoms with Crippen molar-refractivity contribution in [3.63, 3.8) is 0 Å². The minimum Gasteiger partial charge on any atom is -0.392 e. The standard InChI is InChI=1S/C28H56N2O5S/c1-25(2,3)16-27(7,8)21(33)13-20(32)18(30-22(36)14-28(9,10)26(4,5)6)15-29-17-11-12-19(31)24(35)23(17)34/h17-21,23-24,29,31-35H,11-16H2,1-10H3,(H,30,36). The summed E-state index contributed by atoms with van der Waals surface area (Å²) in [5, 5.41) is 59.3. The third-order valence-electron chi connectivity index (χ3n) is 8.33. The Balaban J connectivity index is 2.99. The molecule has 8 heteroatoms. The SMILES string of the molecule is CC(C)(C)CC(C)(C)C(O)CC(O)C(CNC1CCC(O)C(O)C1O)NC(=S)CC(C)(C)C(C)(C)C. The Labute approximate surface area is 225 Å². The number of hydrogen-bond donors (Lipinski definition) is 7. The minimum absolute atomic E-state index is 0.0292. The Morgan fingerprint density at radius 3 is 1.94 bits per heavy atom. The molecule has 36 heavy (non-hydrogen) atoms. The van der Waals surface area contributed by atoms with Gasteiger partial charge in [-0.15, -0.1) is 0 Å². The molecule has 1 aliphatic carbocycles. The van der Waals surface area contributed by atoms with E-state index < -0.39 is 42.6 Å². The molecular formula is C28H56N2O5S. The second-order valence-electron chi connectivity index (χ2n) is 14.7. The molecule has 7 N–H and O–H groups in total. The highest BCUT2D eigenvalue weighted by molar-refractivity contribution is 7.80. The Morgan fingerprint density at radius 2 is 1.44 bits per heavy atom. The first-order valence-electron chi connectivity index (χ1n) is 13.5. The van der Waals surface area contributed by atoms with Crippen LogP contribution < -0.4 is 10.6 Å². The summed E-state index contributed by atoms with van der Waals surface area (Å²) in [5.74, 6) is 0. The van der Waals surface area contributed by atoms with Gasteiger partial charge in [-0.05, 0) is 40.9 Å². The first-order chi connectivity index (χ1) is 16.1. The lowest BCUT2D eigenvalue weighted by Crippen LogP contribution is -2.58. The van der Waals surface area contributed by atoms with E-state index in [4.69, 9.17) is 12.2 Å². The van der Waals surface area contributed by atoms with Gasteiger partial charge in [-0.3, -0.25) is 0 Å². The second kappa shape index (κ2) is 12.7. The molecule has 1 rings (SSSR count). The maximum atomic E-state index is 11.3. The van der Waals surface area contributed by atoms with E-state index in [0.29, 0.717) is 24.3 Å². The lowest BCUT2D eigenvalue weighted by atomic mass is 9.67. The highest BCUT2D eigenvalue weighted by Crippen LogP contribution is 2.41. The van der Waals surface area contributed by atoms with Gasteiger partial charge in [0.05, 0.1) is 35.4 Å². The molecule has 0 aromatic carbocycles. The summed E-state index contributed by atoms with van der Waals surface area (Å²) in [6, 6.07) is -0.911. The molecule has 1 fully saturated rings. The van der Waals surface area contributed by atoms with Gasteiger partial charge in [-0.25, -0.2) is 0 Å². The molecule has 1 aliphatic rings. The Morgan fingerprint density at radius 1 is 0.889 bits per heavy atom. The average Bonchev–Trinajstić information content (AvgIpc) is 2.67. The number of rotatable bonds is 11. The van der Waals surface area contributed by atoms with Crippen molar-refractivity contribution in [2.24, 2.45) is 21.7 Å². The van der Waals surface area contributed by atoms with E-state index >= 15 is 0 Å². The number of nitrogens with one attached hydrogen (secondary N) is 2. The van der Waals surface area contributed by atoms with Gasteiger partial charge in [0, 0.05) is 25.4 Å². The fourth-order valence-corrected chi connectivity index (χ4v) is 5.58. The first kappa shape index (κ1) is 33.7. The van der Waals surface area contributed by atoms with Crippen LogP contribution >= 0.6 is 12.2 Å². The van der Waals surface area contributed by atoms with Gasteiger partial charge in [0.25, 0.3) is 0 Å². The largest absolute Gasteiger partial charge is 0.392 e. The van der Waals surface area contributed by atoms with Crippen LogP contribution in [-0.2, 0) is 0 Å². The molecule has 0 aromatic rings. The van der Waals surface area contributed by atoms with E-state index in [1.807, 2.05) is 13.8 Å². The van der Waals surface area contributed by atoms with Gasteiger partial charge in [0.15, 0.2) is 0 Å². The molecule has 0 amide bonds. The fourth-order valence-electron chi connectivity index (χ4n) is 5.06. The molecule has 7 nitrogen and oxygen atoms in total. The zero-order valence-corrected chi connectivity index (χ0v) is 25.2. The molecule has 7 atom stereocenters. The van der Waals surface area contributed by atoms with Crippen molar-refractivity contribution in [2.75, 3.05) is 6.54 Å². The van der Waals surface area contributed by atoms with Crippen molar-refractivity contribution in [2.45, 2.75) is 144 Å². The number of aliphatic hydroxyl groups excluding tert-OH is 5. The van der Waals surface area contributed by atoms with Crippen LogP contribution in [0, 0.1) is 21.7 Å². The minimum atomic E-state index is -1.21.